The van der Waals surface area contributed by atoms with Crippen molar-refractivity contribution in [3.63, 3.8) is 0 Å². The van der Waals surface area contributed by atoms with E-state index in [2.05, 4.69) is 0 Å². The van der Waals surface area contributed by atoms with Crippen LogP contribution in [0.1, 0.15) is 28.4 Å². The summed E-state index contributed by atoms with van der Waals surface area (Å²) in [7, 11) is 0. The molecule has 0 unspecified atom stereocenters. The molecule has 6 heteroatoms. The summed E-state index contributed by atoms with van der Waals surface area (Å²) in [5.41, 5.74) is -2.65. The van der Waals surface area contributed by atoms with Crippen LogP contribution in [0, 0.1) is 17.1 Å². The van der Waals surface area contributed by atoms with E-state index in [0.29, 0.717) is 6.07 Å². The Bertz CT molecular complexity index is 485. The first-order valence-electron chi connectivity index (χ1n) is 4.09. The lowest BCUT2D eigenvalue weighted by Gasteiger charge is -2.11. The molecule has 0 fully saturated rings. The molecule has 0 amide bonds. The maximum absolute atomic E-state index is 13.0. The number of benzene rings is 1. The van der Waals surface area contributed by atoms with Crippen LogP contribution in [0.4, 0.5) is 17.6 Å². The summed E-state index contributed by atoms with van der Waals surface area (Å²) in [6.07, 6.45) is -4.82. The molecule has 0 heterocycles. The van der Waals surface area contributed by atoms with E-state index in [9.17, 15) is 22.4 Å². The summed E-state index contributed by atoms with van der Waals surface area (Å²) in [5, 5.41) is 8.44. The Kier molecular flexibility index (Phi) is 2.99. The van der Waals surface area contributed by atoms with Gasteiger partial charge in [-0.1, -0.05) is 0 Å². The van der Waals surface area contributed by atoms with E-state index in [4.69, 9.17) is 5.26 Å². The number of halogens is 4. The van der Waals surface area contributed by atoms with Gasteiger partial charge in [-0.05, 0) is 19.1 Å². The molecule has 0 radical (unpaired) electrons. The molecule has 0 aliphatic rings. The second-order valence-electron chi connectivity index (χ2n) is 3.04. The van der Waals surface area contributed by atoms with E-state index in [-0.39, 0.29) is 6.07 Å². The fourth-order valence-corrected chi connectivity index (χ4v) is 1.18. The monoisotopic (exact) mass is 231 g/mol. The molecule has 0 N–H and O–H groups in total. The molecule has 0 aliphatic heterocycles. The van der Waals surface area contributed by atoms with Gasteiger partial charge in [0.25, 0.3) is 0 Å². The Morgan fingerprint density at radius 1 is 1.38 bits per heavy atom. The van der Waals surface area contributed by atoms with Crippen molar-refractivity contribution in [2.45, 2.75) is 13.1 Å². The van der Waals surface area contributed by atoms with Gasteiger partial charge in [0.15, 0.2) is 5.78 Å². The number of nitriles is 1. The normalized spacial score (nSPS) is 11.0. The van der Waals surface area contributed by atoms with Gasteiger partial charge >= 0.3 is 6.18 Å². The highest BCUT2D eigenvalue weighted by atomic mass is 19.4. The number of nitrogens with zero attached hydrogens (tertiary/aromatic N) is 1. The SMILES string of the molecule is CC(=O)c1cc(C#N)c(F)cc1C(F)(F)F. The molecular formula is C10H5F4NO. The van der Waals surface area contributed by atoms with Gasteiger partial charge in [0.1, 0.15) is 11.9 Å². The Balaban J connectivity index is 3.57. The summed E-state index contributed by atoms with van der Waals surface area (Å²) in [6.45, 7) is 0.920. The number of rotatable bonds is 1. The standard InChI is InChI=1S/C10H5F4NO/c1-5(16)7-2-6(4-15)9(11)3-8(7)10(12,13)14/h2-3H,1H3. The highest BCUT2D eigenvalue weighted by molar-refractivity contribution is 5.96. The van der Waals surface area contributed by atoms with Crippen molar-refractivity contribution in [3.8, 4) is 6.07 Å². The van der Waals surface area contributed by atoms with E-state index < -0.39 is 34.5 Å². The van der Waals surface area contributed by atoms with Crippen molar-refractivity contribution in [3.05, 3.63) is 34.6 Å². The molecule has 0 aromatic heterocycles. The van der Waals surface area contributed by atoms with Crippen molar-refractivity contribution in [2.75, 3.05) is 0 Å². The summed E-state index contributed by atoms with van der Waals surface area (Å²) in [6, 6.07) is 2.15. The predicted octanol–water partition coefficient (Wildman–Crippen LogP) is 2.92. The van der Waals surface area contributed by atoms with Crippen LogP contribution in [0.15, 0.2) is 12.1 Å². The van der Waals surface area contributed by atoms with Crippen LogP contribution >= 0.6 is 0 Å². The maximum atomic E-state index is 13.0. The topological polar surface area (TPSA) is 40.9 Å². The number of hydrogen-bond acceptors (Lipinski definition) is 2. The zero-order chi connectivity index (χ0) is 12.5. The minimum absolute atomic E-state index is 0.162. The summed E-state index contributed by atoms with van der Waals surface area (Å²) in [5.74, 6) is -2.16. The van der Waals surface area contributed by atoms with Gasteiger partial charge < -0.3 is 0 Å². The molecule has 0 saturated heterocycles. The molecule has 0 saturated carbocycles. The van der Waals surface area contributed by atoms with Crippen LogP contribution in [0.5, 0.6) is 0 Å². The van der Waals surface area contributed by atoms with Crippen LogP contribution in [-0.2, 0) is 6.18 Å². The Morgan fingerprint density at radius 2 is 1.94 bits per heavy atom. The number of alkyl halides is 3. The average molecular weight is 231 g/mol. The van der Waals surface area contributed by atoms with Gasteiger partial charge in [0.05, 0.1) is 11.1 Å². The molecule has 1 aromatic rings. The van der Waals surface area contributed by atoms with Crippen molar-refractivity contribution in [2.24, 2.45) is 0 Å². The van der Waals surface area contributed by atoms with E-state index in [1.54, 1.807) is 0 Å². The van der Waals surface area contributed by atoms with Crippen LogP contribution in [0.25, 0.3) is 0 Å². The zero-order valence-corrected chi connectivity index (χ0v) is 8.02. The highest BCUT2D eigenvalue weighted by Crippen LogP contribution is 2.33. The molecule has 0 atom stereocenters. The third kappa shape index (κ3) is 2.19. The molecule has 0 bridgehead atoms. The summed E-state index contributed by atoms with van der Waals surface area (Å²) >= 11 is 0. The maximum Gasteiger partial charge on any atom is 0.417 e. The minimum atomic E-state index is -4.82. The fourth-order valence-electron chi connectivity index (χ4n) is 1.18. The van der Waals surface area contributed by atoms with E-state index >= 15 is 0 Å². The minimum Gasteiger partial charge on any atom is -0.294 e. The zero-order valence-electron chi connectivity index (χ0n) is 8.02. The predicted molar refractivity (Wildman–Crippen MR) is 46.1 cm³/mol. The first kappa shape index (κ1) is 12.2. The number of carbonyl (C=O) groups excluding carboxylic acids is 1. The molecule has 1 aromatic carbocycles. The quantitative estimate of drug-likeness (QED) is 0.550. The van der Waals surface area contributed by atoms with Crippen LogP contribution in [0.2, 0.25) is 0 Å². The lowest BCUT2D eigenvalue weighted by Crippen LogP contribution is -2.13. The van der Waals surface area contributed by atoms with Gasteiger partial charge in [0, 0.05) is 5.56 Å². The van der Waals surface area contributed by atoms with Gasteiger partial charge in [-0.3, -0.25) is 4.79 Å². The second kappa shape index (κ2) is 3.93. The van der Waals surface area contributed by atoms with Gasteiger partial charge in [-0.2, -0.15) is 18.4 Å². The largest absolute Gasteiger partial charge is 0.417 e. The molecular weight excluding hydrogens is 226 g/mol. The lowest BCUT2D eigenvalue weighted by molar-refractivity contribution is -0.138. The van der Waals surface area contributed by atoms with E-state index in [1.165, 1.54) is 6.07 Å². The first-order valence-corrected chi connectivity index (χ1v) is 4.09. The number of hydrogen-bond donors (Lipinski definition) is 0. The molecule has 0 aliphatic carbocycles. The van der Waals surface area contributed by atoms with Gasteiger partial charge in [-0.25, -0.2) is 4.39 Å². The molecule has 84 valence electrons. The molecule has 0 spiro atoms. The molecule has 16 heavy (non-hydrogen) atoms. The number of carbonyl (C=O) groups is 1. The van der Waals surface area contributed by atoms with Crippen LogP contribution < -0.4 is 0 Å². The van der Waals surface area contributed by atoms with Crippen LogP contribution in [-0.4, -0.2) is 5.78 Å². The number of Topliss-reactive ketones (excluding diaryl/α,β-unsaturated/α-hetero) is 1. The van der Waals surface area contributed by atoms with E-state index in [1.807, 2.05) is 0 Å². The fraction of sp³-hybridized carbons (Fsp3) is 0.200. The van der Waals surface area contributed by atoms with Crippen molar-refractivity contribution < 1.29 is 22.4 Å². The molecule has 2 nitrogen and oxygen atoms in total. The average Bonchev–Trinajstić information content (AvgIpc) is 2.15. The third-order valence-electron chi connectivity index (χ3n) is 1.91. The van der Waals surface area contributed by atoms with Crippen molar-refractivity contribution in [1.82, 2.24) is 0 Å². The van der Waals surface area contributed by atoms with E-state index in [0.717, 1.165) is 6.92 Å². The molecule has 1 rings (SSSR count). The van der Waals surface area contributed by atoms with Crippen molar-refractivity contribution in [1.29, 1.82) is 5.26 Å². The lowest BCUT2D eigenvalue weighted by atomic mass is 10.0. The van der Waals surface area contributed by atoms with Gasteiger partial charge in [0.2, 0.25) is 0 Å². The van der Waals surface area contributed by atoms with Gasteiger partial charge in [-0.15, -0.1) is 0 Å². The third-order valence-corrected chi connectivity index (χ3v) is 1.91. The van der Waals surface area contributed by atoms with Crippen LogP contribution in [0.3, 0.4) is 0 Å². The van der Waals surface area contributed by atoms with Crippen molar-refractivity contribution >= 4 is 5.78 Å². The Morgan fingerprint density at radius 3 is 2.31 bits per heavy atom. The summed E-state index contributed by atoms with van der Waals surface area (Å²) < 4.78 is 50.3. The smallest absolute Gasteiger partial charge is 0.294 e. The second-order valence-corrected chi connectivity index (χ2v) is 3.04. The first-order chi connectivity index (χ1) is 7.27. The highest BCUT2D eigenvalue weighted by Gasteiger charge is 2.35. The summed E-state index contributed by atoms with van der Waals surface area (Å²) in [4.78, 5) is 11.0. The number of ketones is 1. The Labute approximate surface area is 88.1 Å². The Hall–Kier alpha value is -1.90.